The van der Waals surface area contributed by atoms with Gasteiger partial charge >= 0.3 is 6.09 Å². The minimum absolute atomic E-state index is 0.0729. The summed E-state index contributed by atoms with van der Waals surface area (Å²) in [5, 5.41) is 12.4. The zero-order valence-electron chi connectivity index (χ0n) is 12.7. The Morgan fingerprint density at radius 3 is 2.40 bits per heavy atom. The third kappa shape index (κ3) is 6.57. The fourth-order valence-electron chi connectivity index (χ4n) is 1.99. The highest BCUT2D eigenvalue weighted by Crippen LogP contribution is 2.20. The normalized spacial score (nSPS) is 14.4. The van der Waals surface area contributed by atoms with E-state index in [2.05, 4.69) is 5.32 Å². The molecule has 4 heteroatoms. The first-order valence-corrected chi connectivity index (χ1v) is 6.98. The molecule has 0 fully saturated rings. The molecule has 1 rings (SSSR count). The van der Waals surface area contributed by atoms with Crippen molar-refractivity contribution in [3.63, 3.8) is 0 Å². The molecule has 0 aliphatic rings. The molecule has 0 spiro atoms. The number of carbonyl (C=O) groups excluding carboxylic acids is 1. The van der Waals surface area contributed by atoms with Gasteiger partial charge in [-0.15, -0.1) is 0 Å². The number of hydrogen-bond donors (Lipinski definition) is 2. The van der Waals surface area contributed by atoms with Gasteiger partial charge < -0.3 is 15.2 Å². The van der Waals surface area contributed by atoms with Crippen LogP contribution in [0.25, 0.3) is 0 Å². The number of ether oxygens (including phenoxy) is 1. The molecule has 20 heavy (non-hydrogen) atoms. The maximum absolute atomic E-state index is 11.7. The summed E-state index contributed by atoms with van der Waals surface area (Å²) in [6, 6.07) is 9.87. The summed E-state index contributed by atoms with van der Waals surface area (Å²) in [7, 11) is 0. The average Bonchev–Trinajstić information content (AvgIpc) is 2.33. The van der Waals surface area contributed by atoms with Crippen LogP contribution in [-0.4, -0.2) is 29.4 Å². The number of benzene rings is 1. The number of hydrogen-bond acceptors (Lipinski definition) is 3. The van der Waals surface area contributed by atoms with Crippen molar-refractivity contribution >= 4 is 6.09 Å². The number of aliphatic hydroxyl groups excluding tert-OH is 1. The van der Waals surface area contributed by atoms with Crippen LogP contribution in [0.5, 0.6) is 0 Å². The summed E-state index contributed by atoms with van der Waals surface area (Å²) in [5.74, 6) is 0.0729. The van der Waals surface area contributed by atoms with E-state index in [4.69, 9.17) is 4.74 Å². The smallest absolute Gasteiger partial charge is 0.407 e. The lowest BCUT2D eigenvalue weighted by Crippen LogP contribution is -2.35. The SMILES string of the molecule is CC(O)CC(CNC(=O)OC(C)(C)C)c1ccccc1. The van der Waals surface area contributed by atoms with Gasteiger partial charge in [0.2, 0.25) is 0 Å². The standard InChI is InChI=1S/C16H25NO3/c1-12(18)10-14(13-8-6-5-7-9-13)11-17-15(19)20-16(2,3)4/h5-9,12,14,18H,10-11H2,1-4H3,(H,17,19). The van der Waals surface area contributed by atoms with Gasteiger partial charge in [-0.25, -0.2) is 4.79 Å². The van der Waals surface area contributed by atoms with E-state index in [9.17, 15) is 9.90 Å². The van der Waals surface area contributed by atoms with Crippen LogP contribution in [-0.2, 0) is 4.74 Å². The average molecular weight is 279 g/mol. The number of amides is 1. The van der Waals surface area contributed by atoms with Gasteiger partial charge in [0.05, 0.1) is 6.10 Å². The Morgan fingerprint density at radius 2 is 1.90 bits per heavy atom. The van der Waals surface area contributed by atoms with Crippen molar-refractivity contribution in [3.05, 3.63) is 35.9 Å². The molecule has 0 aliphatic heterocycles. The number of alkyl carbamates (subject to hydrolysis) is 1. The zero-order chi connectivity index (χ0) is 15.2. The Bertz CT molecular complexity index is 409. The summed E-state index contributed by atoms with van der Waals surface area (Å²) in [4.78, 5) is 11.7. The Labute approximate surface area is 121 Å². The molecule has 4 nitrogen and oxygen atoms in total. The zero-order valence-corrected chi connectivity index (χ0v) is 12.7. The van der Waals surface area contributed by atoms with E-state index in [0.29, 0.717) is 13.0 Å². The van der Waals surface area contributed by atoms with Crippen LogP contribution in [0.4, 0.5) is 4.79 Å². The van der Waals surface area contributed by atoms with Crippen molar-refractivity contribution < 1.29 is 14.6 Å². The van der Waals surface area contributed by atoms with Gasteiger partial charge in [0.1, 0.15) is 5.60 Å². The lowest BCUT2D eigenvalue weighted by Gasteiger charge is -2.23. The predicted octanol–water partition coefficient (Wildman–Crippen LogP) is 3.07. The van der Waals surface area contributed by atoms with Crippen molar-refractivity contribution in [2.24, 2.45) is 0 Å². The van der Waals surface area contributed by atoms with E-state index in [-0.39, 0.29) is 5.92 Å². The predicted molar refractivity (Wildman–Crippen MR) is 79.7 cm³/mol. The van der Waals surface area contributed by atoms with Gasteiger partial charge in [-0.2, -0.15) is 0 Å². The van der Waals surface area contributed by atoms with E-state index in [1.54, 1.807) is 6.92 Å². The van der Waals surface area contributed by atoms with E-state index >= 15 is 0 Å². The van der Waals surface area contributed by atoms with Crippen molar-refractivity contribution in [3.8, 4) is 0 Å². The molecular formula is C16H25NO3. The van der Waals surface area contributed by atoms with Crippen molar-refractivity contribution in [2.45, 2.75) is 51.7 Å². The molecule has 112 valence electrons. The summed E-state index contributed by atoms with van der Waals surface area (Å²) >= 11 is 0. The molecule has 0 saturated heterocycles. The van der Waals surface area contributed by atoms with E-state index < -0.39 is 17.8 Å². The molecule has 1 amide bonds. The third-order valence-electron chi connectivity index (χ3n) is 2.79. The quantitative estimate of drug-likeness (QED) is 0.871. The van der Waals surface area contributed by atoms with Crippen molar-refractivity contribution in [1.29, 1.82) is 0 Å². The summed E-state index contributed by atoms with van der Waals surface area (Å²) in [6.45, 7) is 7.69. The highest BCUT2D eigenvalue weighted by atomic mass is 16.6. The van der Waals surface area contributed by atoms with Crippen LogP contribution >= 0.6 is 0 Å². The number of nitrogens with one attached hydrogen (secondary N) is 1. The summed E-state index contributed by atoms with van der Waals surface area (Å²) in [5.41, 5.74) is 0.598. The molecule has 2 unspecified atom stereocenters. The second kappa shape index (κ2) is 7.29. The molecule has 0 bridgehead atoms. The second-order valence-corrected chi connectivity index (χ2v) is 6.08. The second-order valence-electron chi connectivity index (χ2n) is 6.08. The lowest BCUT2D eigenvalue weighted by molar-refractivity contribution is 0.0520. The first-order chi connectivity index (χ1) is 9.28. The van der Waals surface area contributed by atoms with E-state index in [1.807, 2.05) is 51.1 Å². The van der Waals surface area contributed by atoms with Gasteiger partial charge in [-0.3, -0.25) is 0 Å². The van der Waals surface area contributed by atoms with Gasteiger partial charge in [0.15, 0.2) is 0 Å². The fourth-order valence-corrected chi connectivity index (χ4v) is 1.99. The Balaban J connectivity index is 2.60. The molecular weight excluding hydrogens is 254 g/mol. The van der Waals surface area contributed by atoms with Gasteiger partial charge in [0.25, 0.3) is 0 Å². The van der Waals surface area contributed by atoms with Gasteiger partial charge in [-0.1, -0.05) is 30.3 Å². The molecule has 1 aromatic rings. The summed E-state index contributed by atoms with van der Waals surface area (Å²) in [6.07, 6.45) is -0.246. The van der Waals surface area contributed by atoms with Crippen LogP contribution in [0.1, 0.15) is 45.6 Å². The molecule has 0 heterocycles. The lowest BCUT2D eigenvalue weighted by atomic mass is 9.93. The first-order valence-electron chi connectivity index (χ1n) is 6.98. The van der Waals surface area contributed by atoms with Crippen LogP contribution in [0.15, 0.2) is 30.3 Å². The largest absolute Gasteiger partial charge is 0.444 e. The Hall–Kier alpha value is -1.55. The Morgan fingerprint density at radius 1 is 1.30 bits per heavy atom. The topological polar surface area (TPSA) is 58.6 Å². The van der Waals surface area contributed by atoms with Gasteiger partial charge in [-0.05, 0) is 39.7 Å². The Kier molecular flexibility index (Phi) is 6.02. The molecule has 0 radical (unpaired) electrons. The van der Waals surface area contributed by atoms with Crippen LogP contribution in [0.3, 0.4) is 0 Å². The maximum Gasteiger partial charge on any atom is 0.407 e. The van der Waals surface area contributed by atoms with Crippen molar-refractivity contribution in [2.75, 3.05) is 6.54 Å². The molecule has 0 aromatic heterocycles. The maximum atomic E-state index is 11.7. The molecule has 2 N–H and O–H groups in total. The monoisotopic (exact) mass is 279 g/mol. The highest BCUT2D eigenvalue weighted by Gasteiger charge is 2.19. The molecule has 1 aromatic carbocycles. The highest BCUT2D eigenvalue weighted by molar-refractivity contribution is 5.67. The fraction of sp³-hybridized carbons (Fsp3) is 0.562. The van der Waals surface area contributed by atoms with E-state index in [0.717, 1.165) is 5.56 Å². The first kappa shape index (κ1) is 16.5. The number of aliphatic hydroxyl groups is 1. The van der Waals surface area contributed by atoms with Crippen LogP contribution in [0, 0.1) is 0 Å². The third-order valence-corrected chi connectivity index (χ3v) is 2.79. The minimum atomic E-state index is -0.503. The molecule has 0 aliphatic carbocycles. The van der Waals surface area contributed by atoms with E-state index in [1.165, 1.54) is 0 Å². The molecule has 0 saturated carbocycles. The van der Waals surface area contributed by atoms with Crippen molar-refractivity contribution in [1.82, 2.24) is 5.32 Å². The number of rotatable bonds is 5. The minimum Gasteiger partial charge on any atom is -0.444 e. The number of carbonyl (C=O) groups is 1. The van der Waals surface area contributed by atoms with Crippen LogP contribution in [0.2, 0.25) is 0 Å². The molecule has 2 atom stereocenters. The van der Waals surface area contributed by atoms with Crippen LogP contribution < -0.4 is 5.32 Å². The summed E-state index contributed by atoms with van der Waals surface area (Å²) < 4.78 is 5.22. The van der Waals surface area contributed by atoms with Gasteiger partial charge in [0, 0.05) is 12.5 Å².